The second-order valence-corrected chi connectivity index (χ2v) is 12.9. The fraction of sp³-hybridized carbons (Fsp3) is 0.171. The number of pyridine rings is 1. The molecule has 1 aliphatic rings. The number of benzene rings is 4. The van der Waals surface area contributed by atoms with Crippen molar-refractivity contribution in [2.45, 2.75) is 11.4 Å². The second kappa shape index (κ2) is 13.4. The number of nitrogen functional groups attached to an aromatic ring is 1. The molecule has 1 aromatic heterocycles. The van der Waals surface area contributed by atoms with Gasteiger partial charge < -0.3 is 20.3 Å². The van der Waals surface area contributed by atoms with Crippen molar-refractivity contribution in [3.8, 4) is 16.9 Å². The summed E-state index contributed by atoms with van der Waals surface area (Å²) in [6, 6.07) is 21.6. The molecule has 0 saturated carbocycles. The minimum Gasteiger partial charge on any atom is -0.496 e. The van der Waals surface area contributed by atoms with E-state index >= 15 is 0 Å². The number of sulfonamides is 1. The molecule has 48 heavy (non-hydrogen) atoms. The van der Waals surface area contributed by atoms with Gasteiger partial charge >= 0.3 is 0 Å². The number of fused-ring (bicyclic) bond motifs is 1. The number of hydrogen-bond acceptors (Lipinski definition) is 7. The molecule has 2 heterocycles. The summed E-state index contributed by atoms with van der Waals surface area (Å²) in [5.74, 6) is -2.57. The molecule has 246 valence electrons. The molecule has 0 unspecified atom stereocenters. The number of aromatic nitrogens is 1. The Balaban J connectivity index is 1.15. The maximum absolute atomic E-state index is 13.7. The van der Waals surface area contributed by atoms with Crippen LogP contribution in [0.5, 0.6) is 5.75 Å². The molecule has 5 aromatic rings. The number of rotatable bonds is 8. The molecule has 3 N–H and O–H groups in total. The van der Waals surface area contributed by atoms with Crippen LogP contribution in [0.2, 0.25) is 0 Å². The van der Waals surface area contributed by atoms with Gasteiger partial charge in [0.15, 0.2) is 11.6 Å². The van der Waals surface area contributed by atoms with Gasteiger partial charge in [-0.15, -0.1) is 0 Å². The van der Waals surface area contributed by atoms with Crippen LogP contribution in [0.3, 0.4) is 0 Å². The molecular weight excluding hydrogens is 640 g/mol. The Hall–Kier alpha value is -5.40. The van der Waals surface area contributed by atoms with Crippen LogP contribution in [0.15, 0.2) is 96.0 Å². The van der Waals surface area contributed by atoms with Gasteiger partial charge in [0.2, 0.25) is 10.0 Å². The molecule has 0 atom stereocenters. The number of para-hydroxylation sites is 1. The number of carbonyl (C=O) groups is 2. The zero-order valence-corrected chi connectivity index (χ0v) is 26.6. The van der Waals surface area contributed by atoms with E-state index < -0.39 is 27.6 Å². The van der Waals surface area contributed by atoms with E-state index in [1.54, 1.807) is 47.5 Å². The number of ether oxygens (including phenoxy) is 1. The van der Waals surface area contributed by atoms with Crippen LogP contribution >= 0.6 is 0 Å². The largest absolute Gasteiger partial charge is 0.496 e. The SMILES string of the molecule is COc1cc(C(=O)N2CCN(C(=O)c3ccc(F)c(F)c3)CC2)ccc1CNS(=O)(=O)c1ccc(N)cc1-c1cccc2cccnc12. The van der Waals surface area contributed by atoms with Crippen molar-refractivity contribution < 1.29 is 31.5 Å². The van der Waals surface area contributed by atoms with Gasteiger partial charge in [0.05, 0.1) is 17.5 Å². The van der Waals surface area contributed by atoms with Crippen LogP contribution in [-0.4, -0.2) is 68.3 Å². The number of methoxy groups -OCH3 is 1. The molecule has 1 saturated heterocycles. The first kappa shape index (κ1) is 32.5. The molecule has 0 radical (unpaired) electrons. The van der Waals surface area contributed by atoms with Crippen LogP contribution in [0.25, 0.3) is 22.0 Å². The summed E-state index contributed by atoms with van der Waals surface area (Å²) in [6.45, 7) is 0.760. The lowest BCUT2D eigenvalue weighted by Gasteiger charge is -2.35. The molecule has 0 bridgehead atoms. The zero-order valence-electron chi connectivity index (χ0n) is 25.8. The van der Waals surface area contributed by atoms with Crippen molar-refractivity contribution in [1.29, 1.82) is 0 Å². The maximum Gasteiger partial charge on any atom is 0.254 e. The molecule has 0 spiro atoms. The van der Waals surface area contributed by atoms with E-state index in [1.807, 2.05) is 18.2 Å². The highest BCUT2D eigenvalue weighted by Gasteiger charge is 2.27. The number of halogens is 2. The van der Waals surface area contributed by atoms with Crippen LogP contribution in [0, 0.1) is 11.6 Å². The highest BCUT2D eigenvalue weighted by molar-refractivity contribution is 7.89. The first-order valence-corrected chi connectivity index (χ1v) is 16.5. The van der Waals surface area contributed by atoms with Crippen molar-refractivity contribution in [3.63, 3.8) is 0 Å². The Kier molecular flexibility index (Phi) is 9.07. The molecule has 13 heteroatoms. The van der Waals surface area contributed by atoms with Gasteiger partial charge in [-0.25, -0.2) is 21.9 Å². The normalized spacial score (nSPS) is 13.5. The lowest BCUT2D eigenvalue weighted by molar-refractivity contribution is 0.0535. The maximum atomic E-state index is 13.7. The monoisotopic (exact) mass is 671 g/mol. The number of nitrogens with one attached hydrogen (secondary N) is 1. The van der Waals surface area contributed by atoms with Crippen molar-refractivity contribution in [2.75, 3.05) is 39.0 Å². The van der Waals surface area contributed by atoms with Gasteiger partial charge in [0.25, 0.3) is 11.8 Å². The number of hydrogen-bond donors (Lipinski definition) is 2. The molecule has 2 amide bonds. The quantitative estimate of drug-likeness (QED) is 0.225. The Bertz CT molecular complexity index is 2150. The van der Waals surface area contributed by atoms with E-state index in [2.05, 4.69) is 9.71 Å². The second-order valence-electron chi connectivity index (χ2n) is 11.2. The zero-order chi connectivity index (χ0) is 34.0. The number of piperazine rings is 1. The van der Waals surface area contributed by atoms with Crippen LogP contribution < -0.4 is 15.2 Å². The van der Waals surface area contributed by atoms with E-state index in [1.165, 1.54) is 30.2 Å². The Labute approximate surface area is 275 Å². The number of anilines is 1. The first-order chi connectivity index (χ1) is 23.1. The van der Waals surface area contributed by atoms with Crippen molar-refractivity contribution in [2.24, 2.45) is 0 Å². The van der Waals surface area contributed by atoms with Gasteiger partial charge in [-0.2, -0.15) is 0 Å². The summed E-state index contributed by atoms with van der Waals surface area (Å²) in [5, 5.41) is 0.852. The van der Waals surface area contributed by atoms with Gasteiger partial charge in [0, 0.05) is 77.8 Å². The average molecular weight is 672 g/mol. The van der Waals surface area contributed by atoms with E-state index in [9.17, 15) is 26.8 Å². The molecule has 1 aliphatic heterocycles. The summed E-state index contributed by atoms with van der Waals surface area (Å²) in [6.07, 6.45) is 1.64. The first-order valence-electron chi connectivity index (χ1n) is 15.0. The van der Waals surface area contributed by atoms with Gasteiger partial charge in [-0.1, -0.05) is 30.3 Å². The van der Waals surface area contributed by atoms with Crippen LogP contribution in [0.1, 0.15) is 26.3 Å². The van der Waals surface area contributed by atoms with Crippen molar-refractivity contribution in [3.05, 3.63) is 119 Å². The lowest BCUT2D eigenvalue weighted by atomic mass is 10.0. The predicted octanol–water partition coefficient (Wildman–Crippen LogP) is 4.85. The Morgan fingerprint density at radius 1 is 0.833 bits per heavy atom. The third kappa shape index (κ3) is 6.55. The minimum absolute atomic E-state index is 0.0304. The van der Waals surface area contributed by atoms with Gasteiger partial charge in [0.1, 0.15) is 5.75 Å². The number of amides is 2. The summed E-state index contributed by atoms with van der Waals surface area (Å²) in [4.78, 5) is 33.7. The minimum atomic E-state index is -4.06. The standard InChI is InChI=1S/C35H31F2N5O5S/c1-47-31-19-24(35(44)42-16-14-41(15-17-42)34(43)23-9-11-29(36)30(37)18-23)7-8-25(31)21-40-48(45,46)32-12-10-26(38)20-28(32)27-6-2-4-22-5-3-13-39-33(22)27/h2-13,18-20,40H,14-17,21,38H2,1H3. The van der Waals surface area contributed by atoms with E-state index in [4.69, 9.17) is 10.5 Å². The summed E-state index contributed by atoms with van der Waals surface area (Å²) >= 11 is 0. The van der Waals surface area contributed by atoms with E-state index in [-0.39, 0.29) is 49.1 Å². The van der Waals surface area contributed by atoms with Gasteiger partial charge in [-0.05, 0) is 54.6 Å². The topological polar surface area (TPSA) is 135 Å². The molecule has 6 rings (SSSR count). The molecule has 0 aliphatic carbocycles. The summed E-state index contributed by atoms with van der Waals surface area (Å²) in [7, 11) is -2.64. The molecule has 4 aromatic carbocycles. The smallest absolute Gasteiger partial charge is 0.254 e. The molecule has 1 fully saturated rings. The number of nitrogens with zero attached hydrogens (tertiary/aromatic N) is 3. The fourth-order valence-corrected chi connectivity index (χ4v) is 6.90. The highest BCUT2D eigenvalue weighted by atomic mass is 32.2. The predicted molar refractivity (Wildman–Crippen MR) is 177 cm³/mol. The third-order valence-corrected chi connectivity index (χ3v) is 9.68. The van der Waals surface area contributed by atoms with Crippen molar-refractivity contribution >= 4 is 38.4 Å². The lowest BCUT2D eigenvalue weighted by Crippen LogP contribution is -2.50. The highest BCUT2D eigenvalue weighted by Crippen LogP contribution is 2.34. The van der Waals surface area contributed by atoms with Gasteiger partial charge in [-0.3, -0.25) is 14.6 Å². The number of carbonyl (C=O) groups excluding carboxylic acids is 2. The van der Waals surface area contributed by atoms with E-state index in [0.717, 1.165) is 17.5 Å². The Morgan fingerprint density at radius 3 is 2.19 bits per heavy atom. The fourth-order valence-electron chi connectivity index (χ4n) is 5.70. The average Bonchev–Trinajstić information content (AvgIpc) is 3.11. The third-order valence-electron chi connectivity index (χ3n) is 8.22. The summed E-state index contributed by atoms with van der Waals surface area (Å²) < 4.78 is 62.5. The van der Waals surface area contributed by atoms with E-state index in [0.29, 0.717) is 39.2 Å². The molecule has 10 nitrogen and oxygen atoms in total. The number of nitrogens with two attached hydrogens (primary N) is 1. The molecular formula is C35H31F2N5O5S. The Morgan fingerprint density at radius 2 is 1.50 bits per heavy atom. The van der Waals surface area contributed by atoms with Crippen LogP contribution in [-0.2, 0) is 16.6 Å². The van der Waals surface area contributed by atoms with Crippen molar-refractivity contribution in [1.82, 2.24) is 19.5 Å². The summed E-state index contributed by atoms with van der Waals surface area (Å²) in [5.41, 5.74) is 9.00. The van der Waals surface area contributed by atoms with Crippen LogP contribution in [0.4, 0.5) is 14.5 Å².